The lowest BCUT2D eigenvalue weighted by atomic mass is 9.84. The van der Waals surface area contributed by atoms with Crippen molar-refractivity contribution in [1.29, 1.82) is 0 Å². The van der Waals surface area contributed by atoms with Crippen molar-refractivity contribution in [2.24, 2.45) is 0 Å². The second kappa shape index (κ2) is 7.26. The third kappa shape index (κ3) is 3.46. The first kappa shape index (κ1) is 17.7. The number of unbranched alkanes of at least 4 members (excludes halogenated alkanes) is 1. The van der Waals surface area contributed by atoms with Gasteiger partial charge >= 0.3 is 0 Å². The Morgan fingerprint density at radius 3 is 2.55 bits per heavy atom. The number of thiol groups is 1. The lowest BCUT2D eigenvalue weighted by molar-refractivity contribution is 0.354. The number of hydrogen-bond donors (Lipinski definition) is 1. The number of sulfone groups is 1. The van der Waals surface area contributed by atoms with E-state index in [1.807, 2.05) is 0 Å². The molecule has 1 aromatic carbocycles. The molecule has 0 aromatic heterocycles. The molecule has 3 nitrogen and oxygen atoms in total. The molecule has 1 fully saturated rings. The summed E-state index contributed by atoms with van der Waals surface area (Å²) in [4.78, 5) is 0.409. The van der Waals surface area contributed by atoms with Crippen LogP contribution < -0.4 is 4.74 Å². The van der Waals surface area contributed by atoms with Crippen LogP contribution in [0.5, 0.6) is 5.75 Å². The Hall–Kier alpha value is -0.680. The fourth-order valence-corrected chi connectivity index (χ4v) is 6.30. The molecular weight excluding hydrogens is 316 g/mol. The first-order valence-electron chi connectivity index (χ1n) is 8.02. The Labute approximate surface area is 139 Å². The molecule has 1 saturated carbocycles. The minimum atomic E-state index is -3.36. The van der Waals surface area contributed by atoms with Crippen molar-refractivity contribution < 1.29 is 13.2 Å². The second-order valence-corrected chi connectivity index (χ2v) is 9.29. The van der Waals surface area contributed by atoms with Crippen LogP contribution in [0.1, 0.15) is 51.9 Å². The maximum absolute atomic E-state index is 13.3. The monoisotopic (exact) mass is 342 g/mol. The Bertz CT molecular complexity index is 580. The first-order valence-corrected chi connectivity index (χ1v) is 10.0. The van der Waals surface area contributed by atoms with Crippen LogP contribution in [-0.2, 0) is 9.84 Å². The Balaban J connectivity index is 2.39. The fraction of sp³-hybridized carbons (Fsp3) is 0.647. The van der Waals surface area contributed by atoms with Gasteiger partial charge in [0.2, 0.25) is 0 Å². The van der Waals surface area contributed by atoms with E-state index >= 15 is 0 Å². The fourth-order valence-electron chi connectivity index (χ4n) is 3.40. The molecule has 0 spiro atoms. The molecule has 0 amide bonds. The highest BCUT2D eigenvalue weighted by molar-refractivity contribution is 7.93. The van der Waals surface area contributed by atoms with Crippen molar-refractivity contribution in [3.8, 4) is 5.75 Å². The summed E-state index contributed by atoms with van der Waals surface area (Å²) in [6, 6.07) is 6.79. The maximum Gasteiger partial charge on any atom is 0.184 e. The molecule has 0 aliphatic heterocycles. The Morgan fingerprint density at radius 1 is 1.32 bits per heavy atom. The predicted octanol–water partition coefficient (Wildman–Crippen LogP) is 4.27. The molecule has 5 heteroatoms. The van der Waals surface area contributed by atoms with Crippen molar-refractivity contribution in [2.75, 3.05) is 7.11 Å². The van der Waals surface area contributed by atoms with Crippen LogP contribution in [0.2, 0.25) is 0 Å². The third-order valence-corrected chi connectivity index (χ3v) is 7.75. The van der Waals surface area contributed by atoms with E-state index in [2.05, 4.69) is 19.6 Å². The van der Waals surface area contributed by atoms with Gasteiger partial charge in [0.15, 0.2) is 9.84 Å². The molecule has 0 bridgehead atoms. The predicted molar refractivity (Wildman–Crippen MR) is 93.7 cm³/mol. The zero-order valence-electron chi connectivity index (χ0n) is 13.4. The van der Waals surface area contributed by atoms with Crippen molar-refractivity contribution in [3.63, 3.8) is 0 Å². The molecular formula is C17H26O3S2. The highest BCUT2D eigenvalue weighted by Crippen LogP contribution is 2.44. The topological polar surface area (TPSA) is 43.4 Å². The first-order chi connectivity index (χ1) is 10.4. The lowest BCUT2D eigenvalue weighted by Gasteiger charge is -2.39. The number of ether oxygens (including phenoxy) is 1. The molecule has 1 aliphatic rings. The van der Waals surface area contributed by atoms with E-state index in [4.69, 9.17) is 4.74 Å². The minimum absolute atomic E-state index is 0.179. The van der Waals surface area contributed by atoms with Gasteiger partial charge in [-0.15, -0.1) is 0 Å². The average Bonchev–Trinajstić information content (AvgIpc) is 2.53. The van der Waals surface area contributed by atoms with E-state index in [1.54, 1.807) is 31.4 Å². The summed E-state index contributed by atoms with van der Waals surface area (Å²) in [5.74, 6) is 0.678. The largest absolute Gasteiger partial charge is 0.497 e. The maximum atomic E-state index is 13.3. The highest BCUT2D eigenvalue weighted by Gasteiger charge is 2.46. The van der Waals surface area contributed by atoms with E-state index < -0.39 is 14.6 Å². The van der Waals surface area contributed by atoms with Crippen molar-refractivity contribution in [1.82, 2.24) is 0 Å². The van der Waals surface area contributed by atoms with Gasteiger partial charge in [-0.3, -0.25) is 0 Å². The van der Waals surface area contributed by atoms with Crippen LogP contribution in [0.25, 0.3) is 0 Å². The standard InChI is InChI=1S/C17H26O3S2/c1-3-4-11-17(12-5-6-15(21)13-17)22(18,19)16-9-7-14(20-2)8-10-16/h7-10,15,21H,3-6,11-13H2,1-2H3/t15-,17+/m0/s1. The number of methoxy groups -OCH3 is 1. The van der Waals surface area contributed by atoms with Crippen molar-refractivity contribution >= 4 is 22.5 Å². The van der Waals surface area contributed by atoms with Crippen LogP contribution in [-0.4, -0.2) is 25.5 Å². The highest BCUT2D eigenvalue weighted by atomic mass is 32.2. The molecule has 1 aliphatic carbocycles. The van der Waals surface area contributed by atoms with Gasteiger partial charge in [0, 0.05) is 5.25 Å². The summed E-state index contributed by atoms with van der Waals surface area (Å²) in [5.41, 5.74) is 0. The van der Waals surface area contributed by atoms with E-state index in [0.29, 0.717) is 17.1 Å². The molecule has 0 saturated heterocycles. The van der Waals surface area contributed by atoms with Crippen LogP contribution in [0.4, 0.5) is 0 Å². The third-order valence-electron chi connectivity index (χ3n) is 4.70. The van der Waals surface area contributed by atoms with Crippen molar-refractivity contribution in [3.05, 3.63) is 24.3 Å². The summed E-state index contributed by atoms with van der Waals surface area (Å²) >= 11 is 4.59. The molecule has 124 valence electrons. The molecule has 2 rings (SSSR count). The molecule has 0 heterocycles. The number of hydrogen-bond acceptors (Lipinski definition) is 4. The SMILES string of the molecule is CCCC[C@@]1(S(=O)(=O)c2ccc(OC)cc2)CCC[C@H](S)C1. The minimum Gasteiger partial charge on any atom is -0.497 e. The second-order valence-electron chi connectivity index (χ2n) is 6.22. The molecule has 0 N–H and O–H groups in total. The van der Waals surface area contributed by atoms with E-state index in [-0.39, 0.29) is 5.25 Å². The quantitative estimate of drug-likeness (QED) is 0.785. The molecule has 0 radical (unpaired) electrons. The molecule has 22 heavy (non-hydrogen) atoms. The van der Waals surface area contributed by atoms with Gasteiger partial charge in [0.25, 0.3) is 0 Å². The van der Waals surface area contributed by atoms with Crippen LogP contribution in [0, 0.1) is 0 Å². The smallest absolute Gasteiger partial charge is 0.184 e. The van der Waals surface area contributed by atoms with Gasteiger partial charge in [-0.25, -0.2) is 8.42 Å². The van der Waals surface area contributed by atoms with E-state index in [9.17, 15) is 8.42 Å². The summed E-state index contributed by atoms with van der Waals surface area (Å²) in [6.45, 7) is 2.11. The van der Waals surface area contributed by atoms with Gasteiger partial charge in [-0.1, -0.05) is 26.2 Å². The van der Waals surface area contributed by atoms with Gasteiger partial charge in [-0.2, -0.15) is 12.6 Å². The summed E-state index contributed by atoms with van der Waals surface area (Å²) in [7, 11) is -1.78. The zero-order chi connectivity index (χ0) is 16.2. The van der Waals surface area contributed by atoms with E-state index in [1.165, 1.54) is 0 Å². The number of rotatable bonds is 6. The Morgan fingerprint density at radius 2 is 2.00 bits per heavy atom. The van der Waals surface area contributed by atoms with Gasteiger partial charge in [0.1, 0.15) is 5.75 Å². The number of benzene rings is 1. The van der Waals surface area contributed by atoms with Crippen LogP contribution in [0.3, 0.4) is 0 Å². The Kier molecular flexibility index (Phi) is 5.83. The van der Waals surface area contributed by atoms with Gasteiger partial charge in [0.05, 0.1) is 16.8 Å². The van der Waals surface area contributed by atoms with E-state index in [0.717, 1.165) is 38.5 Å². The normalized spacial score (nSPS) is 25.9. The lowest BCUT2D eigenvalue weighted by Crippen LogP contribution is -2.43. The van der Waals surface area contributed by atoms with Crippen LogP contribution >= 0.6 is 12.6 Å². The van der Waals surface area contributed by atoms with Crippen molar-refractivity contribution in [2.45, 2.75) is 66.8 Å². The zero-order valence-corrected chi connectivity index (χ0v) is 15.1. The summed E-state index contributed by atoms with van der Waals surface area (Å²) in [5, 5.41) is 0.179. The van der Waals surface area contributed by atoms with Gasteiger partial charge < -0.3 is 4.74 Å². The molecule has 0 unspecified atom stereocenters. The average molecular weight is 343 g/mol. The molecule has 2 atom stereocenters. The summed E-state index contributed by atoms with van der Waals surface area (Å²) < 4.78 is 31.0. The van der Waals surface area contributed by atoms with Crippen LogP contribution in [0.15, 0.2) is 29.2 Å². The summed E-state index contributed by atoms with van der Waals surface area (Å²) in [6.07, 6.45) is 6.03. The van der Waals surface area contributed by atoms with Gasteiger partial charge in [-0.05, 0) is 49.9 Å². The molecule has 1 aromatic rings.